The lowest BCUT2D eigenvalue weighted by Crippen LogP contribution is -1.87. The van der Waals surface area contributed by atoms with Gasteiger partial charge in [0, 0.05) is 5.56 Å². The Morgan fingerprint density at radius 1 is 1.46 bits per heavy atom. The molecule has 1 nitrogen and oxygen atoms in total. The van der Waals surface area contributed by atoms with E-state index in [2.05, 4.69) is 11.8 Å². The van der Waals surface area contributed by atoms with Crippen LogP contribution < -0.4 is 0 Å². The fourth-order valence-corrected chi connectivity index (χ4v) is 1.16. The van der Waals surface area contributed by atoms with Gasteiger partial charge in [-0.25, -0.2) is 0 Å². The highest BCUT2D eigenvalue weighted by Crippen LogP contribution is 2.09. The summed E-state index contributed by atoms with van der Waals surface area (Å²) in [6.07, 6.45) is 0. The molecule has 2 heteroatoms. The zero-order valence-corrected chi connectivity index (χ0v) is 8.23. The number of hydrogen-bond donors (Lipinski definition) is 1. The summed E-state index contributed by atoms with van der Waals surface area (Å²) in [5.41, 5.74) is 2.95. The van der Waals surface area contributed by atoms with Crippen LogP contribution in [0.25, 0.3) is 0 Å². The number of aliphatic hydroxyl groups is 1. The quantitative estimate of drug-likeness (QED) is 0.536. The van der Waals surface area contributed by atoms with Gasteiger partial charge in [-0.3, -0.25) is 0 Å². The highest BCUT2D eigenvalue weighted by Gasteiger charge is 1.95. The molecule has 0 unspecified atom stereocenters. The second-order valence-corrected chi connectivity index (χ2v) is 3.01. The summed E-state index contributed by atoms with van der Waals surface area (Å²) in [7, 11) is 0. The zero-order valence-electron chi connectivity index (χ0n) is 7.47. The molecule has 68 valence electrons. The van der Waals surface area contributed by atoms with Crippen molar-refractivity contribution in [2.75, 3.05) is 5.88 Å². The SMILES string of the molecule is Cc1cc(CO)ccc1C#CCCl. The first-order chi connectivity index (χ1) is 6.27. The number of aliphatic hydroxyl groups excluding tert-OH is 1. The maximum absolute atomic E-state index is 8.87. The van der Waals surface area contributed by atoms with E-state index in [1.54, 1.807) is 0 Å². The predicted octanol–water partition coefficient (Wildman–Crippen LogP) is 2.08. The van der Waals surface area contributed by atoms with Crippen LogP contribution in [0.5, 0.6) is 0 Å². The van der Waals surface area contributed by atoms with E-state index in [1.165, 1.54) is 0 Å². The van der Waals surface area contributed by atoms with Gasteiger partial charge in [-0.2, -0.15) is 0 Å². The van der Waals surface area contributed by atoms with Crippen LogP contribution in [-0.4, -0.2) is 11.0 Å². The maximum atomic E-state index is 8.87. The van der Waals surface area contributed by atoms with Gasteiger partial charge in [-0.05, 0) is 24.1 Å². The number of benzene rings is 1. The van der Waals surface area contributed by atoms with E-state index >= 15 is 0 Å². The van der Waals surface area contributed by atoms with Crippen molar-refractivity contribution in [1.29, 1.82) is 0 Å². The van der Waals surface area contributed by atoms with Crippen LogP contribution in [0.1, 0.15) is 16.7 Å². The summed E-state index contributed by atoms with van der Waals surface area (Å²) < 4.78 is 0. The van der Waals surface area contributed by atoms with Crippen molar-refractivity contribution in [3.05, 3.63) is 34.9 Å². The lowest BCUT2D eigenvalue weighted by molar-refractivity contribution is 0.282. The van der Waals surface area contributed by atoms with Crippen LogP contribution >= 0.6 is 11.6 Å². The Morgan fingerprint density at radius 3 is 2.77 bits per heavy atom. The van der Waals surface area contributed by atoms with Crippen LogP contribution in [-0.2, 0) is 6.61 Å². The molecule has 0 aliphatic rings. The van der Waals surface area contributed by atoms with E-state index in [1.807, 2.05) is 25.1 Å². The van der Waals surface area contributed by atoms with Crippen LogP contribution in [0.15, 0.2) is 18.2 Å². The minimum atomic E-state index is 0.0735. The molecule has 1 aromatic carbocycles. The molecule has 0 aliphatic carbocycles. The third-order valence-electron chi connectivity index (χ3n) is 1.76. The van der Waals surface area contributed by atoms with Crippen LogP contribution in [0.3, 0.4) is 0 Å². The molecule has 0 bridgehead atoms. The average Bonchev–Trinajstić information content (AvgIpc) is 2.16. The first-order valence-electron chi connectivity index (χ1n) is 4.03. The highest BCUT2D eigenvalue weighted by molar-refractivity contribution is 6.19. The standard InChI is InChI=1S/C11H11ClO/c1-9-7-10(8-13)4-5-11(9)3-2-6-12/h4-5,7,13H,6,8H2,1H3. The number of alkyl halides is 1. The second kappa shape index (κ2) is 4.91. The lowest BCUT2D eigenvalue weighted by Gasteiger charge is -2.00. The van der Waals surface area contributed by atoms with Crippen molar-refractivity contribution >= 4 is 11.6 Å². The van der Waals surface area contributed by atoms with Crippen LogP contribution in [0.2, 0.25) is 0 Å². The Hall–Kier alpha value is -0.970. The third kappa shape index (κ3) is 2.77. The first kappa shape index (κ1) is 10.1. The predicted molar refractivity (Wildman–Crippen MR) is 54.7 cm³/mol. The summed E-state index contributed by atoms with van der Waals surface area (Å²) in [6, 6.07) is 5.70. The number of rotatable bonds is 1. The molecule has 0 atom stereocenters. The maximum Gasteiger partial charge on any atom is 0.0839 e. The molecule has 0 heterocycles. The van der Waals surface area contributed by atoms with Crippen molar-refractivity contribution in [3.8, 4) is 11.8 Å². The van der Waals surface area contributed by atoms with E-state index in [0.717, 1.165) is 16.7 Å². The van der Waals surface area contributed by atoms with Gasteiger partial charge >= 0.3 is 0 Å². The normalized spacial score (nSPS) is 9.15. The molecule has 0 fully saturated rings. The Labute approximate surface area is 83.4 Å². The molecule has 13 heavy (non-hydrogen) atoms. The van der Waals surface area contributed by atoms with Crippen molar-refractivity contribution in [1.82, 2.24) is 0 Å². The molecule has 0 spiro atoms. The van der Waals surface area contributed by atoms with E-state index in [0.29, 0.717) is 5.88 Å². The minimum absolute atomic E-state index is 0.0735. The van der Waals surface area contributed by atoms with Crippen LogP contribution in [0, 0.1) is 18.8 Å². The Balaban J connectivity index is 2.98. The number of hydrogen-bond acceptors (Lipinski definition) is 1. The molecule has 1 rings (SSSR count). The van der Waals surface area contributed by atoms with Gasteiger partial charge in [0.15, 0.2) is 0 Å². The largest absolute Gasteiger partial charge is 0.392 e. The van der Waals surface area contributed by atoms with Gasteiger partial charge < -0.3 is 5.11 Å². The zero-order chi connectivity index (χ0) is 9.68. The summed E-state index contributed by atoms with van der Waals surface area (Å²) >= 11 is 5.45. The van der Waals surface area contributed by atoms with Gasteiger partial charge in [0.05, 0.1) is 12.5 Å². The summed E-state index contributed by atoms with van der Waals surface area (Å²) in [4.78, 5) is 0. The second-order valence-electron chi connectivity index (χ2n) is 2.74. The van der Waals surface area contributed by atoms with E-state index in [9.17, 15) is 0 Å². The van der Waals surface area contributed by atoms with Crippen molar-refractivity contribution < 1.29 is 5.11 Å². The van der Waals surface area contributed by atoms with Gasteiger partial charge in [-0.1, -0.05) is 24.0 Å². The van der Waals surface area contributed by atoms with Gasteiger partial charge in [-0.15, -0.1) is 11.6 Å². The Bertz CT molecular complexity index is 347. The van der Waals surface area contributed by atoms with Gasteiger partial charge in [0.1, 0.15) is 0 Å². The molecular formula is C11H11ClO. The summed E-state index contributed by atoms with van der Waals surface area (Å²) in [6.45, 7) is 2.04. The van der Waals surface area contributed by atoms with E-state index in [4.69, 9.17) is 16.7 Å². The Kier molecular flexibility index (Phi) is 3.82. The molecule has 0 radical (unpaired) electrons. The smallest absolute Gasteiger partial charge is 0.0839 e. The fraction of sp³-hybridized carbons (Fsp3) is 0.273. The molecule has 1 aromatic rings. The molecule has 0 saturated carbocycles. The third-order valence-corrected chi connectivity index (χ3v) is 1.90. The Morgan fingerprint density at radius 2 is 2.23 bits per heavy atom. The van der Waals surface area contributed by atoms with Gasteiger partial charge in [0.2, 0.25) is 0 Å². The molecular weight excluding hydrogens is 184 g/mol. The van der Waals surface area contributed by atoms with Crippen LogP contribution in [0.4, 0.5) is 0 Å². The van der Waals surface area contributed by atoms with Crippen molar-refractivity contribution in [2.45, 2.75) is 13.5 Å². The van der Waals surface area contributed by atoms with Gasteiger partial charge in [0.25, 0.3) is 0 Å². The minimum Gasteiger partial charge on any atom is -0.392 e. The highest BCUT2D eigenvalue weighted by atomic mass is 35.5. The van der Waals surface area contributed by atoms with Crippen molar-refractivity contribution in [3.63, 3.8) is 0 Å². The summed E-state index contributed by atoms with van der Waals surface area (Å²) in [5, 5.41) is 8.87. The molecule has 0 amide bonds. The fourth-order valence-electron chi connectivity index (χ4n) is 1.09. The molecule has 0 saturated heterocycles. The lowest BCUT2D eigenvalue weighted by atomic mass is 10.1. The molecule has 0 aliphatic heterocycles. The monoisotopic (exact) mass is 194 g/mol. The number of aryl methyl sites for hydroxylation is 1. The summed E-state index contributed by atoms with van der Waals surface area (Å²) in [5.74, 6) is 6.09. The first-order valence-corrected chi connectivity index (χ1v) is 4.56. The molecule has 0 aromatic heterocycles. The molecule has 1 N–H and O–H groups in total. The van der Waals surface area contributed by atoms with E-state index in [-0.39, 0.29) is 6.61 Å². The average molecular weight is 195 g/mol. The van der Waals surface area contributed by atoms with E-state index < -0.39 is 0 Å². The topological polar surface area (TPSA) is 20.2 Å². The van der Waals surface area contributed by atoms with Crippen molar-refractivity contribution in [2.24, 2.45) is 0 Å². The number of halogens is 1.